The second-order valence-corrected chi connectivity index (χ2v) is 6.31. The van der Waals surface area contributed by atoms with Crippen LogP contribution in [0.25, 0.3) is 0 Å². The smallest absolute Gasteiger partial charge is 0.419 e. The zero-order chi connectivity index (χ0) is 19.3. The highest BCUT2D eigenvalue weighted by Gasteiger charge is 2.34. The molecule has 0 aliphatic heterocycles. The standard InChI is InChI=1S/C17H25F3N2O3.ClH/c1-4-9-16(2,21)15(24)22(3)10-12(23)11-25-14-8-6-5-7-13(14)17(18,19)20;/h5-8,12,23H,4,9-11,21H2,1-3H3;1H. The number of amides is 1. The van der Waals surface area contributed by atoms with Gasteiger partial charge in [0.2, 0.25) is 5.91 Å². The van der Waals surface area contributed by atoms with Gasteiger partial charge in [0.15, 0.2) is 0 Å². The van der Waals surface area contributed by atoms with Gasteiger partial charge in [0.05, 0.1) is 11.1 Å². The quantitative estimate of drug-likeness (QED) is 0.706. The molecule has 0 saturated carbocycles. The van der Waals surface area contributed by atoms with Crippen molar-refractivity contribution < 1.29 is 27.8 Å². The van der Waals surface area contributed by atoms with Crippen LogP contribution < -0.4 is 10.5 Å². The maximum absolute atomic E-state index is 12.9. The van der Waals surface area contributed by atoms with E-state index in [4.69, 9.17) is 10.5 Å². The lowest BCUT2D eigenvalue weighted by atomic mass is 9.96. The minimum absolute atomic E-state index is 0. The van der Waals surface area contributed by atoms with Crippen molar-refractivity contribution in [2.24, 2.45) is 5.73 Å². The summed E-state index contributed by atoms with van der Waals surface area (Å²) in [4.78, 5) is 13.5. The lowest BCUT2D eigenvalue weighted by molar-refractivity contribution is -0.139. The predicted molar refractivity (Wildman–Crippen MR) is 95.3 cm³/mol. The van der Waals surface area contributed by atoms with Gasteiger partial charge < -0.3 is 20.5 Å². The maximum Gasteiger partial charge on any atom is 0.419 e. The van der Waals surface area contributed by atoms with Crippen LogP contribution in [0.1, 0.15) is 32.3 Å². The Morgan fingerprint density at radius 2 is 1.92 bits per heavy atom. The topological polar surface area (TPSA) is 75.8 Å². The maximum atomic E-state index is 12.9. The van der Waals surface area contributed by atoms with Gasteiger partial charge in [-0.1, -0.05) is 25.5 Å². The van der Waals surface area contributed by atoms with E-state index in [0.717, 1.165) is 12.5 Å². The number of nitrogens with zero attached hydrogens (tertiary/aromatic N) is 1. The summed E-state index contributed by atoms with van der Waals surface area (Å²) in [6.45, 7) is 3.04. The number of alkyl halides is 3. The molecular formula is C17H26ClF3N2O3. The summed E-state index contributed by atoms with van der Waals surface area (Å²) in [5.41, 5.74) is 3.99. The molecule has 3 N–H and O–H groups in total. The second-order valence-electron chi connectivity index (χ2n) is 6.31. The highest BCUT2D eigenvalue weighted by atomic mass is 35.5. The van der Waals surface area contributed by atoms with Crippen molar-refractivity contribution in [3.8, 4) is 5.75 Å². The zero-order valence-corrected chi connectivity index (χ0v) is 15.9. The van der Waals surface area contributed by atoms with Crippen molar-refractivity contribution in [3.63, 3.8) is 0 Å². The number of likely N-dealkylation sites (N-methyl/N-ethyl adjacent to an activating group) is 1. The summed E-state index contributed by atoms with van der Waals surface area (Å²) in [6.07, 6.45) is -4.48. The monoisotopic (exact) mass is 398 g/mol. The van der Waals surface area contributed by atoms with E-state index in [9.17, 15) is 23.1 Å². The van der Waals surface area contributed by atoms with Crippen molar-refractivity contribution in [3.05, 3.63) is 29.8 Å². The Balaban J connectivity index is 0.00000625. The Morgan fingerprint density at radius 1 is 1.35 bits per heavy atom. The zero-order valence-electron chi connectivity index (χ0n) is 15.0. The Bertz CT molecular complexity index is 583. The number of ether oxygens (including phenoxy) is 1. The average Bonchev–Trinajstić information content (AvgIpc) is 2.51. The van der Waals surface area contributed by atoms with Crippen LogP contribution >= 0.6 is 12.4 Å². The molecular weight excluding hydrogens is 373 g/mol. The second kappa shape index (κ2) is 9.99. The van der Waals surface area contributed by atoms with Crippen LogP contribution in [0.2, 0.25) is 0 Å². The minimum atomic E-state index is -4.55. The number of aliphatic hydroxyl groups is 1. The van der Waals surface area contributed by atoms with Crippen LogP contribution in [0.15, 0.2) is 24.3 Å². The van der Waals surface area contributed by atoms with Crippen LogP contribution in [0.5, 0.6) is 5.75 Å². The molecule has 0 aromatic heterocycles. The van der Waals surface area contributed by atoms with Crippen LogP contribution in [0, 0.1) is 0 Å². The van der Waals surface area contributed by atoms with Crippen molar-refractivity contribution in [2.75, 3.05) is 20.2 Å². The van der Waals surface area contributed by atoms with Crippen molar-refractivity contribution in [2.45, 2.75) is 44.5 Å². The molecule has 150 valence electrons. The molecule has 0 heterocycles. The van der Waals surface area contributed by atoms with E-state index in [0.29, 0.717) is 6.42 Å². The third-order valence-corrected chi connectivity index (χ3v) is 3.71. The number of hydrogen-bond acceptors (Lipinski definition) is 4. The number of rotatable bonds is 8. The Kier molecular flexibility index (Phi) is 9.41. The number of nitrogens with two attached hydrogens (primary N) is 1. The summed E-state index contributed by atoms with van der Waals surface area (Å²) >= 11 is 0. The summed E-state index contributed by atoms with van der Waals surface area (Å²) in [7, 11) is 1.48. The molecule has 0 radical (unpaired) electrons. The number of hydrogen-bond donors (Lipinski definition) is 2. The molecule has 1 rings (SSSR count). The minimum Gasteiger partial charge on any atom is -0.490 e. The molecule has 5 nitrogen and oxygen atoms in total. The molecule has 1 aromatic rings. The van der Waals surface area contributed by atoms with E-state index in [2.05, 4.69) is 0 Å². The molecule has 2 atom stereocenters. The number of carbonyl (C=O) groups is 1. The molecule has 1 aromatic carbocycles. The highest BCUT2D eigenvalue weighted by Crippen LogP contribution is 2.35. The summed E-state index contributed by atoms with van der Waals surface area (Å²) in [5, 5.41) is 9.98. The van der Waals surface area contributed by atoms with Crippen LogP contribution in [-0.2, 0) is 11.0 Å². The van der Waals surface area contributed by atoms with Gasteiger partial charge in [0.25, 0.3) is 0 Å². The van der Waals surface area contributed by atoms with Crippen molar-refractivity contribution in [1.82, 2.24) is 4.90 Å². The average molecular weight is 399 g/mol. The number of aliphatic hydroxyl groups excluding tert-OH is 1. The normalized spacial score (nSPS) is 14.8. The number of carbonyl (C=O) groups excluding carboxylic acids is 1. The first kappa shape index (κ1) is 24.5. The summed E-state index contributed by atoms with van der Waals surface area (Å²) in [5.74, 6) is -0.707. The first-order valence-electron chi connectivity index (χ1n) is 8.00. The molecule has 2 unspecified atom stereocenters. The number of halogens is 4. The molecule has 26 heavy (non-hydrogen) atoms. The largest absolute Gasteiger partial charge is 0.490 e. The van der Waals surface area contributed by atoms with E-state index in [1.54, 1.807) is 6.92 Å². The fourth-order valence-electron chi connectivity index (χ4n) is 2.53. The van der Waals surface area contributed by atoms with Gasteiger partial charge in [-0.3, -0.25) is 4.79 Å². The Labute approximate surface area is 157 Å². The van der Waals surface area contributed by atoms with E-state index < -0.39 is 23.4 Å². The molecule has 0 aliphatic rings. The molecule has 0 bridgehead atoms. The van der Waals surface area contributed by atoms with Gasteiger partial charge in [-0.25, -0.2) is 0 Å². The van der Waals surface area contributed by atoms with Gasteiger partial charge in [0.1, 0.15) is 18.5 Å². The Morgan fingerprint density at radius 3 is 2.46 bits per heavy atom. The van der Waals surface area contributed by atoms with Crippen molar-refractivity contribution >= 4 is 18.3 Å². The molecule has 0 saturated heterocycles. The van der Waals surface area contributed by atoms with Gasteiger partial charge in [-0.15, -0.1) is 12.4 Å². The molecule has 0 spiro atoms. The van der Waals surface area contributed by atoms with Gasteiger partial charge >= 0.3 is 6.18 Å². The van der Waals surface area contributed by atoms with E-state index in [1.807, 2.05) is 6.92 Å². The fourth-order valence-corrected chi connectivity index (χ4v) is 2.53. The third kappa shape index (κ3) is 7.01. The SMILES string of the molecule is CCCC(C)(N)C(=O)N(C)CC(O)COc1ccccc1C(F)(F)F.Cl. The predicted octanol–water partition coefficient (Wildman–Crippen LogP) is 2.84. The lowest BCUT2D eigenvalue weighted by Crippen LogP contribution is -2.53. The van der Waals surface area contributed by atoms with E-state index in [1.165, 1.54) is 30.1 Å². The fraction of sp³-hybridized carbons (Fsp3) is 0.588. The van der Waals surface area contributed by atoms with E-state index >= 15 is 0 Å². The molecule has 9 heteroatoms. The first-order chi connectivity index (χ1) is 11.5. The van der Waals surface area contributed by atoms with Crippen LogP contribution in [0.4, 0.5) is 13.2 Å². The van der Waals surface area contributed by atoms with Crippen molar-refractivity contribution in [1.29, 1.82) is 0 Å². The lowest BCUT2D eigenvalue weighted by Gasteiger charge is -2.30. The number of benzene rings is 1. The van der Waals surface area contributed by atoms with Gasteiger partial charge in [-0.05, 0) is 25.5 Å². The van der Waals surface area contributed by atoms with Gasteiger partial charge in [0, 0.05) is 13.6 Å². The van der Waals surface area contributed by atoms with Gasteiger partial charge in [-0.2, -0.15) is 13.2 Å². The van der Waals surface area contributed by atoms with Crippen LogP contribution in [0.3, 0.4) is 0 Å². The number of para-hydroxylation sites is 1. The Hall–Kier alpha value is -1.51. The summed E-state index contributed by atoms with van der Waals surface area (Å²) < 4.78 is 43.7. The summed E-state index contributed by atoms with van der Waals surface area (Å²) in [6, 6.07) is 4.76. The third-order valence-electron chi connectivity index (χ3n) is 3.71. The highest BCUT2D eigenvalue weighted by molar-refractivity contribution is 5.85. The molecule has 0 aliphatic carbocycles. The van der Waals surface area contributed by atoms with E-state index in [-0.39, 0.29) is 37.2 Å². The van der Waals surface area contributed by atoms with Crippen LogP contribution in [-0.4, -0.2) is 47.8 Å². The molecule has 0 fully saturated rings. The first-order valence-corrected chi connectivity index (χ1v) is 8.00. The molecule has 1 amide bonds.